The highest BCUT2D eigenvalue weighted by Crippen LogP contribution is 2.57. The minimum atomic E-state index is -4.45. The van der Waals surface area contributed by atoms with Crippen LogP contribution in [-0.4, -0.2) is 18.5 Å². The number of hydrogen-bond acceptors (Lipinski definition) is 1. The van der Waals surface area contributed by atoms with Crippen molar-refractivity contribution in [2.24, 2.45) is 0 Å². The van der Waals surface area contributed by atoms with E-state index in [1.807, 2.05) is 0 Å². The van der Waals surface area contributed by atoms with Crippen LogP contribution in [0.25, 0.3) is 0 Å². The highest BCUT2D eigenvalue weighted by atomic mass is 35.5. The van der Waals surface area contributed by atoms with Gasteiger partial charge in [0.2, 0.25) is 0 Å². The van der Waals surface area contributed by atoms with E-state index >= 15 is 0 Å². The van der Waals surface area contributed by atoms with Gasteiger partial charge < -0.3 is 4.74 Å². The van der Waals surface area contributed by atoms with Crippen LogP contribution in [0.2, 0.25) is 0 Å². The van der Waals surface area contributed by atoms with Crippen LogP contribution >= 0.6 is 11.6 Å². The van der Waals surface area contributed by atoms with Gasteiger partial charge in [0.15, 0.2) is 0 Å². The first-order chi connectivity index (χ1) is 6.75. The van der Waals surface area contributed by atoms with Crippen LogP contribution in [0, 0.1) is 0 Å². The lowest BCUT2D eigenvalue weighted by molar-refractivity contribution is -0.181. The molecule has 15 heavy (non-hydrogen) atoms. The van der Waals surface area contributed by atoms with Crippen molar-refractivity contribution >= 4 is 11.6 Å². The topological polar surface area (TPSA) is 9.23 Å². The fraction of sp³-hybridized carbons (Fsp3) is 0.500. The smallest absolute Gasteiger partial charge is 0.350 e. The molecule has 0 aromatic heterocycles. The Bertz CT molecular complexity index is 334. The Morgan fingerprint density at radius 2 is 1.87 bits per heavy atom. The molecule has 0 fully saturated rings. The summed E-state index contributed by atoms with van der Waals surface area (Å²) in [4.78, 5) is 0. The highest BCUT2D eigenvalue weighted by molar-refractivity contribution is 6.32. The predicted octanol–water partition coefficient (Wildman–Crippen LogP) is 3.61. The molecule has 0 amide bonds. The lowest BCUT2D eigenvalue weighted by Gasteiger charge is -2.36. The molecule has 1 rings (SSSR count). The first-order valence-electron chi connectivity index (χ1n) is 3.91. The predicted molar refractivity (Wildman–Crippen MR) is 43.6 cm³/mol. The molecule has 0 saturated carbocycles. The van der Waals surface area contributed by atoms with Gasteiger partial charge in [-0.2, -0.15) is 22.0 Å². The van der Waals surface area contributed by atoms with Gasteiger partial charge in [-0.25, -0.2) is 0 Å². The minimum absolute atomic E-state index is 0.102. The van der Waals surface area contributed by atoms with E-state index < -0.39 is 28.5 Å². The second-order valence-corrected chi connectivity index (χ2v) is 3.14. The molecule has 0 aromatic rings. The Balaban J connectivity index is 2.99. The van der Waals surface area contributed by atoms with Gasteiger partial charge in [0.05, 0.1) is 12.2 Å². The Hall–Kier alpha value is -0.780. The summed E-state index contributed by atoms with van der Waals surface area (Å²) in [6.07, 6.45) is 0.170. The largest absolute Gasteiger partial charge is 0.471 e. The van der Waals surface area contributed by atoms with Crippen molar-refractivity contribution in [2.45, 2.75) is 18.8 Å². The maximum atomic E-state index is 12.7. The van der Waals surface area contributed by atoms with E-state index in [2.05, 4.69) is 4.74 Å². The van der Waals surface area contributed by atoms with E-state index in [-0.39, 0.29) is 12.7 Å². The van der Waals surface area contributed by atoms with Crippen LogP contribution in [0.3, 0.4) is 0 Å². The normalized spacial score (nSPS) is 23.8. The molecule has 0 radical (unpaired) electrons. The average molecular weight is 249 g/mol. The van der Waals surface area contributed by atoms with E-state index in [9.17, 15) is 22.0 Å². The molecule has 0 bridgehead atoms. The van der Waals surface area contributed by atoms with Gasteiger partial charge in [0, 0.05) is 6.08 Å². The summed E-state index contributed by atoms with van der Waals surface area (Å²) in [5, 5.41) is -1.36. The van der Waals surface area contributed by atoms with Crippen molar-refractivity contribution in [3.8, 4) is 0 Å². The van der Waals surface area contributed by atoms with Gasteiger partial charge in [-0.05, 0) is 6.92 Å². The third kappa shape index (κ3) is 1.71. The van der Waals surface area contributed by atoms with Crippen molar-refractivity contribution in [3.63, 3.8) is 0 Å². The number of rotatable bonds is 3. The van der Waals surface area contributed by atoms with Crippen LogP contribution in [0.5, 0.6) is 0 Å². The summed E-state index contributed by atoms with van der Waals surface area (Å²) >= 11 is 4.92. The Morgan fingerprint density at radius 3 is 2.27 bits per heavy atom. The van der Waals surface area contributed by atoms with Crippen molar-refractivity contribution in [1.29, 1.82) is 0 Å². The molecule has 0 atom stereocenters. The zero-order valence-electron chi connectivity index (χ0n) is 7.46. The Morgan fingerprint density at radius 1 is 1.33 bits per heavy atom. The molecule has 0 aliphatic heterocycles. The third-order valence-electron chi connectivity index (χ3n) is 1.78. The minimum Gasteiger partial charge on any atom is -0.471 e. The third-order valence-corrected chi connectivity index (χ3v) is 2.23. The molecule has 1 nitrogen and oxygen atoms in total. The standard InChI is InChI=1S/C8H6ClF5O/c1-2-15-5(10)3-4-6(9)8(13,14)7(4,11)12/h3H,2H2,1H3/b5-3+. The van der Waals surface area contributed by atoms with E-state index in [0.717, 1.165) is 0 Å². The van der Waals surface area contributed by atoms with E-state index in [0.29, 0.717) is 0 Å². The van der Waals surface area contributed by atoms with E-state index in [1.165, 1.54) is 6.92 Å². The molecule has 0 aromatic carbocycles. The first kappa shape index (κ1) is 12.3. The summed E-state index contributed by atoms with van der Waals surface area (Å²) in [6, 6.07) is -1.37. The fourth-order valence-corrected chi connectivity index (χ4v) is 1.29. The van der Waals surface area contributed by atoms with Crippen molar-refractivity contribution < 1.29 is 26.7 Å². The maximum absolute atomic E-state index is 12.7. The van der Waals surface area contributed by atoms with Crippen molar-refractivity contribution in [1.82, 2.24) is 0 Å². The molecular formula is C8H6ClF5O. The Kier molecular flexibility index (Phi) is 3.00. The Labute approximate surface area is 87.2 Å². The SMILES string of the molecule is CCO/C(F)=C/C1=C(Cl)C(F)(F)C1(F)F. The monoisotopic (exact) mass is 248 g/mol. The van der Waals surface area contributed by atoms with Gasteiger partial charge in [-0.15, -0.1) is 0 Å². The zero-order valence-corrected chi connectivity index (χ0v) is 8.22. The number of ether oxygens (including phenoxy) is 1. The molecule has 86 valence electrons. The number of hydrogen-bond donors (Lipinski definition) is 0. The molecule has 0 saturated heterocycles. The second kappa shape index (κ2) is 3.66. The van der Waals surface area contributed by atoms with Crippen molar-refractivity contribution in [2.75, 3.05) is 6.61 Å². The summed E-state index contributed by atoms with van der Waals surface area (Å²) < 4.78 is 67.1. The lowest BCUT2D eigenvalue weighted by atomic mass is 9.89. The highest BCUT2D eigenvalue weighted by Gasteiger charge is 2.70. The van der Waals surface area contributed by atoms with Gasteiger partial charge in [0.25, 0.3) is 6.01 Å². The van der Waals surface area contributed by atoms with E-state index in [1.54, 1.807) is 0 Å². The molecule has 7 heteroatoms. The van der Waals surface area contributed by atoms with Crippen LogP contribution in [0.4, 0.5) is 22.0 Å². The lowest BCUT2D eigenvalue weighted by Crippen LogP contribution is -2.51. The van der Waals surface area contributed by atoms with Gasteiger partial charge >= 0.3 is 11.8 Å². The molecule has 0 N–H and O–H groups in total. The van der Waals surface area contributed by atoms with Crippen LogP contribution in [-0.2, 0) is 4.74 Å². The van der Waals surface area contributed by atoms with Crippen LogP contribution < -0.4 is 0 Å². The summed E-state index contributed by atoms with van der Waals surface area (Å²) in [5.41, 5.74) is -1.25. The summed E-state index contributed by atoms with van der Waals surface area (Å²) in [5.74, 6) is -8.87. The number of alkyl halides is 4. The molecule has 0 unspecified atom stereocenters. The average Bonchev–Trinajstić information content (AvgIpc) is 2.13. The number of halogens is 6. The van der Waals surface area contributed by atoms with Crippen molar-refractivity contribution in [3.05, 3.63) is 22.7 Å². The fourth-order valence-electron chi connectivity index (χ4n) is 0.998. The molecule has 0 spiro atoms. The second-order valence-electron chi connectivity index (χ2n) is 2.76. The van der Waals surface area contributed by atoms with E-state index in [4.69, 9.17) is 11.6 Å². The molecule has 1 aliphatic rings. The van der Waals surface area contributed by atoms with Gasteiger partial charge in [0.1, 0.15) is 5.03 Å². The maximum Gasteiger partial charge on any atom is 0.350 e. The molecule has 0 heterocycles. The summed E-state index contributed by atoms with van der Waals surface area (Å²) in [6.45, 7) is 1.31. The quantitative estimate of drug-likeness (QED) is 0.548. The zero-order chi connectivity index (χ0) is 11.9. The first-order valence-corrected chi connectivity index (χ1v) is 4.29. The van der Waals surface area contributed by atoms with Crippen LogP contribution in [0.15, 0.2) is 22.7 Å². The molecule has 1 aliphatic carbocycles. The van der Waals surface area contributed by atoms with Gasteiger partial charge in [-0.1, -0.05) is 11.6 Å². The summed E-state index contributed by atoms with van der Waals surface area (Å²) in [7, 11) is 0. The van der Waals surface area contributed by atoms with Crippen LogP contribution in [0.1, 0.15) is 6.92 Å². The number of allylic oxidation sites excluding steroid dienone is 3. The molecular weight excluding hydrogens is 243 g/mol. The van der Waals surface area contributed by atoms with Gasteiger partial charge in [-0.3, -0.25) is 0 Å².